The van der Waals surface area contributed by atoms with Gasteiger partial charge in [0.2, 0.25) is 5.91 Å². The monoisotopic (exact) mass is 377 g/mol. The molecule has 1 amide bonds. The SMILES string of the molecule is Cc1ccc(OCCn2c(C(C)NC(=O)C3CC3)nc3ccccc32)c(C)c1. The molecule has 0 saturated heterocycles. The lowest BCUT2D eigenvalue weighted by molar-refractivity contribution is -0.123. The molecule has 1 atom stereocenters. The molecule has 1 aliphatic carbocycles. The molecule has 28 heavy (non-hydrogen) atoms. The van der Waals surface area contributed by atoms with Gasteiger partial charge in [0.15, 0.2) is 0 Å². The first-order valence-corrected chi connectivity index (χ1v) is 9.98. The Morgan fingerprint density at radius 3 is 2.79 bits per heavy atom. The van der Waals surface area contributed by atoms with E-state index in [2.05, 4.69) is 41.9 Å². The van der Waals surface area contributed by atoms with Crippen molar-refractivity contribution in [1.82, 2.24) is 14.9 Å². The molecule has 0 spiro atoms. The number of ether oxygens (including phenoxy) is 1. The lowest BCUT2D eigenvalue weighted by Crippen LogP contribution is -2.30. The molecule has 4 rings (SSSR count). The normalized spacial score (nSPS) is 14.8. The molecule has 2 aromatic carbocycles. The number of benzene rings is 2. The minimum Gasteiger partial charge on any atom is -0.491 e. The Bertz CT molecular complexity index is 1000. The number of aromatic nitrogens is 2. The Morgan fingerprint density at radius 2 is 2.04 bits per heavy atom. The molecule has 1 unspecified atom stereocenters. The number of fused-ring (bicyclic) bond motifs is 1. The van der Waals surface area contributed by atoms with E-state index in [1.807, 2.05) is 31.2 Å². The predicted octanol–water partition coefficient (Wildman–Crippen LogP) is 4.32. The van der Waals surface area contributed by atoms with Crippen LogP contribution in [0.25, 0.3) is 11.0 Å². The van der Waals surface area contributed by atoms with Crippen LogP contribution in [-0.4, -0.2) is 22.1 Å². The number of imidazole rings is 1. The molecule has 5 heteroatoms. The van der Waals surface area contributed by atoms with E-state index in [-0.39, 0.29) is 17.9 Å². The van der Waals surface area contributed by atoms with Gasteiger partial charge in [0.05, 0.1) is 23.6 Å². The quantitative estimate of drug-likeness (QED) is 0.667. The van der Waals surface area contributed by atoms with Gasteiger partial charge in [-0.1, -0.05) is 29.8 Å². The summed E-state index contributed by atoms with van der Waals surface area (Å²) in [5, 5.41) is 3.12. The van der Waals surface area contributed by atoms with E-state index in [4.69, 9.17) is 9.72 Å². The van der Waals surface area contributed by atoms with Crippen LogP contribution in [0.1, 0.15) is 42.8 Å². The maximum Gasteiger partial charge on any atom is 0.223 e. The number of amides is 1. The summed E-state index contributed by atoms with van der Waals surface area (Å²) in [6, 6.07) is 14.2. The van der Waals surface area contributed by atoms with Crippen molar-refractivity contribution in [1.29, 1.82) is 0 Å². The van der Waals surface area contributed by atoms with E-state index < -0.39 is 0 Å². The van der Waals surface area contributed by atoms with Crippen molar-refractivity contribution in [3.8, 4) is 5.75 Å². The average molecular weight is 377 g/mol. The molecule has 0 aliphatic heterocycles. The topological polar surface area (TPSA) is 56.1 Å². The highest BCUT2D eigenvalue weighted by Gasteiger charge is 2.31. The number of carbonyl (C=O) groups excluding carboxylic acids is 1. The summed E-state index contributed by atoms with van der Waals surface area (Å²) in [4.78, 5) is 17.0. The highest BCUT2D eigenvalue weighted by Crippen LogP contribution is 2.30. The van der Waals surface area contributed by atoms with Crippen LogP contribution in [0.15, 0.2) is 42.5 Å². The highest BCUT2D eigenvalue weighted by molar-refractivity contribution is 5.81. The Morgan fingerprint density at radius 1 is 1.25 bits per heavy atom. The van der Waals surface area contributed by atoms with Crippen molar-refractivity contribution >= 4 is 16.9 Å². The zero-order valence-corrected chi connectivity index (χ0v) is 16.7. The van der Waals surface area contributed by atoms with Crippen LogP contribution >= 0.6 is 0 Å². The van der Waals surface area contributed by atoms with E-state index in [9.17, 15) is 4.79 Å². The van der Waals surface area contributed by atoms with Crippen LogP contribution < -0.4 is 10.1 Å². The maximum absolute atomic E-state index is 12.2. The van der Waals surface area contributed by atoms with Crippen LogP contribution in [0.3, 0.4) is 0 Å². The van der Waals surface area contributed by atoms with Gasteiger partial charge in [-0.25, -0.2) is 4.98 Å². The lowest BCUT2D eigenvalue weighted by Gasteiger charge is -2.17. The number of nitrogens with zero attached hydrogens (tertiary/aromatic N) is 2. The van der Waals surface area contributed by atoms with Crippen molar-refractivity contribution in [2.24, 2.45) is 5.92 Å². The lowest BCUT2D eigenvalue weighted by atomic mass is 10.1. The predicted molar refractivity (Wildman–Crippen MR) is 110 cm³/mol. The number of carbonyl (C=O) groups is 1. The minimum atomic E-state index is -0.137. The van der Waals surface area contributed by atoms with Gasteiger partial charge >= 0.3 is 0 Å². The number of nitrogens with one attached hydrogen (secondary N) is 1. The van der Waals surface area contributed by atoms with Gasteiger partial charge in [0.1, 0.15) is 18.2 Å². The fourth-order valence-electron chi connectivity index (χ4n) is 3.61. The van der Waals surface area contributed by atoms with Crippen LogP contribution in [0, 0.1) is 19.8 Å². The van der Waals surface area contributed by atoms with Crippen molar-refractivity contribution in [2.45, 2.75) is 46.2 Å². The summed E-state index contributed by atoms with van der Waals surface area (Å²) >= 11 is 0. The third-order valence-corrected chi connectivity index (χ3v) is 5.28. The second-order valence-corrected chi connectivity index (χ2v) is 7.73. The van der Waals surface area contributed by atoms with Crippen LogP contribution in [0.5, 0.6) is 5.75 Å². The summed E-state index contributed by atoms with van der Waals surface area (Å²) in [6.45, 7) is 7.37. The van der Waals surface area contributed by atoms with Crippen molar-refractivity contribution in [3.05, 3.63) is 59.4 Å². The Labute approximate surface area is 165 Å². The molecule has 146 valence electrons. The van der Waals surface area contributed by atoms with Gasteiger partial charge in [-0.05, 0) is 57.4 Å². The summed E-state index contributed by atoms with van der Waals surface area (Å²) in [5.41, 5.74) is 4.37. The third-order valence-electron chi connectivity index (χ3n) is 5.28. The van der Waals surface area contributed by atoms with E-state index >= 15 is 0 Å². The molecule has 1 N–H and O–H groups in total. The molecule has 1 saturated carbocycles. The minimum absolute atomic E-state index is 0.137. The molecule has 5 nitrogen and oxygen atoms in total. The average Bonchev–Trinajstić information content (AvgIpc) is 3.46. The summed E-state index contributed by atoms with van der Waals surface area (Å²) in [6.07, 6.45) is 2.00. The summed E-state index contributed by atoms with van der Waals surface area (Å²) < 4.78 is 8.21. The van der Waals surface area contributed by atoms with Gasteiger partial charge in [0, 0.05) is 5.92 Å². The molecule has 1 aromatic heterocycles. The van der Waals surface area contributed by atoms with Crippen molar-refractivity contribution in [2.75, 3.05) is 6.61 Å². The van der Waals surface area contributed by atoms with E-state index in [1.165, 1.54) is 5.56 Å². The number of aryl methyl sites for hydroxylation is 2. The standard InChI is InChI=1S/C23H27N3O2/c1-15-8-11-21(16(2)14-15)28-13-12-26-20-7-5-4-6-19(20)25-22(26)17(3)24-23(27)18-9-10-18/h4-8,11,14,17-18H,9-10,12-13H2,1-3H3,(H,24,27). The second kappa shape index (κ2) is 7.66. The van der Waals surface area contributed by atoms with Crippen molar-refractivity contribution < 1.29 is 9.53 Å². The fourth-order valence-corrected chi connectivity index (χ4v) is 3.61. The number of hydrogen-bond donors (Lipinski definition) is 1. The molecule has 3 aromatic rings. The van der Waals surface area contributed by atoms with E-state index in [0.717, 1.165) is 41.0 Å². The first-order chi connectivity index (χ1) is 13.5. The first-order valence-electron chi connectivity index (χ1n) is 9.98. The molecule has 1 fully saturated rings. The van der Waals surface area contributed by atoms with Gasteiger partial charge in [-0.2, -0.15) is 0 Å². The van der Waals surface area contributed by atoms with Crippen molar-refractivity contribution in [3.63, 3.8) is 0 Å². The molecule has 1 aliphatic rings. The maximum atomic E-state index is 12.2. The highest BCUT2D eigenvalue weighted by atomic mass is 16.5. The first kappa shape index (κ1) is 18.5. The summed E-state index contributed by atoms with van der Waals surface area (Å²) in [7, 11) is 0. The number of hydrogen-bond acceptors (Lipinski definition) is 3. The molecule has 0 bridgehead atoms. The molecule has 1 heterocycles. The third kappa shape index (κ3) is 3.88. The fraction of sp³-hybridized carbons (Fsp3) is 0.391. The second-order valence-electron chi connectivity index (χ2n) is 7.73. The largest absolute Gasteiger partial charge is 0.491 e. The van der Waals surface area contributed by atoms with E-state index in [0.29, 0.717) is 13.2 Å². The van der Waals surface area contributed by atoms with E-state index in [1.54, 1.807) is 0 Å². The Balaban J connectivity index is 1.53. The Kier molecular flexibility index (Phi) is 5.07. The van der Waals surface area contributed by atoms with Crippen LogP contribution in [0.4, 0.5) is 0 Å². The molecule has 0 radical (unpaired) electrons. The van der Waals surface area contributed by atoms with Gasteiger partial charge in [-0.15, -0.1) is 0 Å². The smallest absolute Gasteiger partial charge is 0.223 e. The molecular formula is C23H27N3O2. The van der Waals surface area contributed by atoms with Gasteiger partial charge in [0.25, 0.3) is 0 Å². The number of rotatable bonds is 7. The summed E-state index contributed by atoms with van der Waals surface area (Å²) in [5.74, 6) is 2.11. The van der Waals surface area contributed by atoms with Gasteiger partial charge < -0.3 is 14.6 Å². The zero-order chi connectivity index (χ0) is 19.7. The Hall–Kier alpha value is -2.82. The van der Waals surface area contributed by atoms with Crippen LogP contribution in [-0.2, 0) is 11.3 Å². The van der Waals surface area contributed by atoms with Crippen LogP contribution in [0.2, 0.25) is 0 Å². The zero-order valence-electron chi connectivity index (χ0n) is 16.7. The number of para-hydroxylation sites is 2. The van der Waals surface area contributed by atoms with Gasteiger partial charge in [-0.3, -0.25) is 4.79 Å². The molecular weight excluding hydrogens is 350 g/mol.